The number of aryl methyl sites for hydroxylation is 1. The molecule has 0 aliphatic heterocycles. The minimum absolute atomic E-state index is 0.109. The van der Waals surface area contributed by atoms with Gasteiger partial charge in [0, 0.05) is 11.6 Å². The Morgan fingerprint density at radius 3 is 2.56 bits per heavy atom. The van der Waals surface area contributed by atoms with Crippen LogP contribution in [0.25, 0.3) is 0 Å². The average Bonchev–Trinajstić information content (AvgIpc) is 2.34. The van der Waals surface area contributed by atoms with Crippen LogP contribution in [-0.2, 0) is 0 Å². The van der Waals surface area contributed by atoms with Crippen LogP contribution in [0.15, 0.2) is 42.5 Å². The number of para-hydroxylation sites is 1. The van der Waals surface area contributed by atoms with Gasteiger partial charge in [-0.05, 0) is 43.7 Å². The number of halogens is 1. The van der Waals surface area contributed by atoms with Crippen LogP contribution >= 0.6 is 0 Å². The van der Waals surface area contributed by atoms with Crippen molar-refractivity contribution in [3.05, 3.63) is 59.4 Å². The Morgan fingerprint density at radius 2 is 1.89 bits per heavy atom. The molecule has 0 heterocycles. The highest BCUT2D eigenvalue weighted by Gasteiger charge is 2.08. The molecule has 0 bridgehead atoms. The molecule has 0 saturated heterocycles. The highest BCUT2D eigenvalue weighted by Crippen LogP contribution is 2.29. The molecule has 0 fully saturated rings. The average molecular weight is 245 g/mol. The van der Waals surface area contributed by atoms with Crippen molar-refractivity contribution >= 4 is 0 Å². The molecular formula is C15H16FNO. The van der Waals surface area contributed by atoms with E-state index < -0.39 is 0 Å². The van der Waals surface area contributed by atoms with E-state index in [0.717, 1.165) is 5.56 Å². The molecule has 2 N–H and O–H groups in total. The van der Waals surface area contributed by atoms with Crippen LogP contribution in [0.5, 0.6) is 11.5 Å². The van der Waals surface area contributed by atoms with Gasteiger partial charge in [-0.1, -0.05) is 18.2 Å². The van der Waals surface area contributed by atoms with Crippen LogP contribution in [0.1, 0.15) is 24.1 Å². The number of nitrogens with two attached hydrogens (primary N) is 1. The van der Waals surface area contributed by atoms with E-state index >= 15 is 0 Å². The maximum Gasteiger partial charge on any atom is 0.132 e. The Hall–Kier alpha value is -1.87. The highest BCUT2D eigenvalue weighted by atomic mass is 19.1. The molecule has 0 saturated carbocycles. The van der Waals surface area contributed by atoms with Crippen molar-refractivity contribution < 1.29 is 9.13 Å². The third-order valence-corrected chi connectivity index (χ3v) is 2.77. The number of rotatable bonds is 3. The van der Waals surface area contributed by atoms with Crippen molar-refractivity contribution in [2.45, 2.75) is 19.9 Å². The summed E-state index contributed by atoms with van der Waals surface area (Å²) in [5.74, 6) is 1.09. The molecule has 2 aromatic rings. The van der Waals surface area contributed by atoms with Gasteiger partial charge in [-0.15, -0.1) is 0 Å². The van der Waals surface area contributed by atoms with Gasteiger partial charge in [0.1, 0.15) is 17.3 Å². The van der Waals surface area contributed by atoms with Crippen molar-refractivity contribution in [3.63, 3.8) is 0 Å². The molecule has 1 atom stereocenters. The third kappa shape index (κ3) is 2.68. The van der Waals surface area contributed by atoms with Crippen LogP contribution in [0.2, 0.25) is 0 Å². The standard InChI is InChI=1S/C15H16FNO/c1-10-9-12(7-8-14(10)16)18-15-6-4-3-5-13(15)11(2)17/h3-9,11H,17H2,1-2H3/t11-/m1/s1. The lowest BCUT2D eigenvalue weighted by Gasteiger charge is -2.13. The summed E-state index contributed by atoms with van der Waals surface area (Å²) < 4.78 is 18.9. The van der Waals surface area contributed by atoms with Crippen molar-refractivity contribution in [3.8, 4) is 11.5 Å². The Balaban J connectivity index is 2.31. The zero-order valence-electron chi connectivity index (χ0n) is 10.5. The smallest absolute Gasteiger partial charge is 0.132 e. The van der Waals surface area contributed by atoms with Gasteiger partial charge in [-0.25, -0.2) is 4.39 Å². The lowest BCUT2D eigenvalue weighted by Crippen LogP contribution is -2.06. The van der Waals surface area contributed by atoms with Crippen LogP contribution in [0, 0.1) is 12.7 Å². The van der Waals surface area contributed by atoms with E-state index in [-0.39, 0.29) is 11.9 Å². The summed E-state index contributed by atoms with van der Waals surface area (Å²) in [5.41, 5.74) is 7.37. The lowest BCUT2D eigenvalue weighted by molar-refractivity contribution is 0.469. The van der Waals surface area contributed by atoms with E-state index in [2.05, 4.69) is 0 Å². The number of ether oxygens (including phenoxy) is 1. The fraction of sp³-hybridized carbons (Fsp3) is 0.200. The molecule has 0 aromatic heterocycles. The minimum atomic E-state index is -0.233. The first-order valence-corrected chi connectivity index (χ1v) is 5.86. The molecule has 0 aliphatic carbocycles. The first-order valence-electron chi connectivity index (χ1n) is 5.86. The predicted octanol–water partition coefficient (Wildman–Crippen LogP) is 3.95. The molecule has 0 spiro atoms. The van der Waals surface area contributed by atoms with Gasteiger partial charge in [0.15, 0.2) is 0 Å². The van der Waals surface area contributed by atoms with Gasteiger partial charge in [-0.2, -0.15) is 0 Å². The van der Waals surface area contributed by atoms with Gasteiger partial charge >= 0.3 is 0 Å². The van der Waals surface area contributed by atoms with E-state index in [9.17, 15) is 4.39 Å². The second-order valence-electron chi connectivity index (χ2n) is 4.34. The molecule has 2 rings (SSSR count). The zero-order valence-corrected chi connectivity index (χ0v) is 10.5. The molecule has 18 heavy (non-hydrogen) atoms. The SMILES string of the molecule is Cc1cc(Oc2ccccc2[C@@H](C)N)ccc1F. The molecule has 0 unspecified atom stereocenters. The van der Waals surface area contributed by atoms with Crippen LogP contribution in [0.3, 0.4) is 0 Å². The number of hydrogen-bond acceptors (Lipinski definition) is 2. The second-order valence-corrected chi connectivity index (χ2v) is 4.34. The molecule has 0 amide bonds. The van der Waals surface area contributed by atoms with E-state index in [1.54, 1.807) is 19.1 Å². The van der Waals surface area contributed by atoms with Gasteiger partial charge in [0.05, 0.1) is 0 Å². The quantitative estimate of drug-likeness (QED) is 0.888. The summed E-state index contributed by atoms with van der Waals surface area (Å²) in [4.78, 5) is 0. The fourth-order valence-corrected chi connectivity index (χ4v) is 1.76. The van der Waals surface area contributed by atoms with E-state index in [1.165, 1.54) is 6.07 Å². The maximum atomic E-state index is 13.2. The van der Waals surface area contributed by atoms with E-state index in [4.69, 9.17) is 10.5 Å². The normalized spacial score (nSPS) is 12.2. The highest BCUT2D eigenvalue weighted by molar-refractivity contribution is 5.40. The predicted molar refractivity (Wildman–Crippen MR) is 70.3 cm³/mol. The Bertz CT molecular complexity index is 552. The molecule has 2 nitrogen and oxygen atoms in total. The summed E-state index contributed by atoms with van der Waals surface area (Å²) >= 11 is 0. The first kappa shape index (κ1) is 12.6. The zero-order chi connectivity index (χ0) is 13.1. The summed E-state index contributed by atoms with van der Waals surface area (Å²) in [6.07, 6.45) is 0. The van der Waals surface area contributed by atoms with Gasteiger partial charge in [0.2, 0.25) is 0 Å². The van der Waals surface area contributed by atoms with Crippen molar-refractivity contribution in [1.82, 2.24) is 0 Å². The van der Waals surface area contributed by atoms with E-state index in [0.29, 0.717) is 17.1 Å². The van der Waals surface area contributed by atoms with Crippen LogP contribution in [-0.4, -0.2) is 0 Å². The second kappa shape index (κ2) is 5.19. The molecule has 94 valence electrons. The van der Waals surface area contributed by atoms with Crippen LogP contribution in [0.4, 0.5) is 4.39 Å². The topological polar surface area (TPSA) is 35.2 Å². The minimum Gasteiger partial charge on any atom is -0.457 e. The monoisotopic (exact) mass is 245 g/mol. The molecule has 0 aliphatic rings. The molecule has 2 aromatic carbocycles. The van der Waals surface area contributed by atoms with Crippen molar-refractivity contribution in [2.75, 3.05) is 0 Å². The summed E-state index contributed by atoms with van der Waals surface area (Å²) in [6.45, 7) is 3.61. The number of benzene rings is 2. The van der Waals surface area contributed by atoms with Crippen LogP contribution < -0.4 is 10.5 Å². The van der Waals surface area contributed by atoms with Crippen molar-refractivity contribution in [1.29, 1.82) is 0 Å². The fourth-order valence-electron chi connectivity index (χ4n) is 1.76. The Labute approximate surface area is 106 Å². The van der Waals surface area contributed by atoms with Gasteiger partial charge < -0.3 is 10.5 Å². The van der Waals surface area contributed by atoms with Gasteiger partial charge in [0.25, 0.3) is 0 Å². The number of hydrogen-bond donors (Lipinski definition) is 1. The Kier molecular flexibility index (Phi) is 3.63. The van der Waals surface area contributed by atoms with Gasteiger partial charge in [-0.3, -0.25) is 0 Å². The Morgan fingerprint density at radius 1 is 1.17 bits per heavy atom. The largest absolute Gasteiger partial charge is 0.457 e. The lowest BCUT2D eigenvalue weighted by atomic mass is 10.1. The van der Waals surface area contributed by atoms with Crippen molar-refractivity contribution in [2.24, 2.45) is 5.73 Å². The first-order chi connectivity index (χ1) is 8.58. The molecule has 0 radical (unpaired) electrons. The maximum absolute atomic E-state index is 13.2. The molecular weight excluding hydrogens is 229 g/mol. The third-order valence-electron chi connectivity index (χ3n) is 2.77. The molecule has 3 heteroatoms. The summed E-state index contributed by atoms with van der Waals surface area (Å²) in [7, 11) is 0. The van der Waals surface area contributed by atoms with E-state index in [1.807, 2.05) is 31.2 Å². The summed E-state index contributed by atoms with van der Waals surface area (Å²) in [5, 5.41) is 0. The summed E-state index contributed by atoms with van der Waals surface area (Å²) in [6, 6.07) is 12.2.